The van der Waals surface area contributed by atoms with E-state index >= 15 is 0 Å². The molecule has 2 N–H and O–H groups in total. The van der Waals surface area contributed by atoms with Gasteiger partial charge in [0, 0.05) is 6.04 Å². The zero-order chi connectivity index (χ0) is 15.3. The van der Waals surface area contributed by atoms with Gasteiger partial charge < -0.3 is 10.5 Å². The van der Waals surface area contributed by atoms with Gasteiger partial charge in [0.1, 0.15) is 5.75 Å². The fourth-order valence-electron chi connectivity index (χ4n) is 3.83. The van der Waals surface area contributed by atoms with Gasteiger partial charge in [0.15, 0.2) is 0 Å². The Morgan fingerprint density at radius 3 is 2.57 bits per heavy atom. The second-order valence-corrected chi connectivity index (χ2v) is 6.19. The first kappa shape index (κ1) is 16.3. The number of likely N-dealkylation sites (tertiary alicyclic amines) is 1. The van der Waals surface area contributed by atoms with Crippen molar-refractivity contribution in [3.8, 4) is 5.75 Å². The van der Waals surface area contributed by atoms with Crippen molar-refractivity contribution < 1.29 is 4.74 Å². The van der Waals surface area contributed by atoms with Gasteiger partial charge >= 0.3 is 0 Å². The van der Waals surface area contributed by atoms with Crippen LogP contribution in [-0.4, -0.2) is 31.1 Å². The minimum absolute atomic E-state index is 0.289. The lowest BCUT2D eigenvalue weighted by Crippen LogP contribution is -2.55. The molecule has 0 aromatic heterocycles. The first-order chi connectivity index (χ1) is 10.2. The Labute approximate surface area is 129 Å². The highest BCUT2D eigenvalue weighted by Crippen LogP contribution is 2.35. The fourth-order valence-corrected chi connectivity index (χ4v) is 3.83. The van der Waals surface area contributed by atoms with Crippen LogP contribution in [0, 0.1) is 0 Å². The van der Waals surface area contributed by atoms with Crippen molar-refractivity contribution in [1.82, 2.24) is 4.90 Å². The average Bonchev–Trinajstić information content (AvgIpc) is 3.02. The number of rotatable bonds is 7. The van der Waals surface area contributed by atoms with Crippen LogP contribution in [0.15, 0.2) is 24.3 Å². The lowest BCUT2D eigenvalue weighted by molar-refractivity contribution is 0.131. The standard InChI is InChI=1S/C18H30N2O/c1-4-11-18(19,15-9-8-10-16(14-15)21-3)17(5-2)20-12-6-7-13-20/h8-10,14,17H,4-7,11-13,19H2,1-3H3. The molecule has 1 aliphatic rings. The van der Waals surface area contributed by atoms with Crippen LogP contribution in [0.2, 0.25) is 0 Å². The molecule has 21 heavy (non-hydrogen) atoms. The SMILES string of the molecule is CCCC(N)(c1cccc(OC)c1)C(CC)N1CCCC1. The summed E-state index contributed by atoms with van der Waals surface area (Å²) in [5.74, 6) is 0.898. The predicted molar refractivity (Wildman–Crippen MR) is 88.7 cm³/mol. The lowest BCUT2D eigenvalue weighted by Gasteiger charge is -2.43. The Balaban J connectivity index is 2.36. The third kappa shape index (κ3) is 3.41. The van der Waals surface area contributed by atoms with Gasteiger partial charge in [-0.3, -0.25) is 4.90 Å². The smallest absolute Gasteiger partial charge is 0.119 e. The van der Waals surface area contributed by atoms with E-state index in [1.165, 1.54) is 31.5 Å². The van der Waals surface area contributed by atoms with E-state index in [9.17, 15) is 0 Å². The molecule has 2 atom stereocenters. The highest BCUT2D eigenvalue weighted by atomic mass is 16.5. The first-order valence-electron chi connectivity index (χ1n) is 8.33. The molecule has 1 fully saturated rings. The van der Waals surface area contributed by atoms with Crippen molar-refractivity contribution in [2.24, 2.45) is 5.73 Å². The van der Waals surface area contributed by atoms with Crippen LogP contribution in [0.4, 0.5) is 0 Å². The molecule has 1 aromatic rings. The summed E-state index contributed by atoms with van der Waals surface area (Å²) >= 11 is 0. The maximum atomic E-state index is 6.99. The minimum Gasteiger partial charge on any atom is -0.497 e. The van der Waals surface area contributed by atoms with Gasteiger partial charge in [-0.15, -0.1) is 0 Å². The molecular weight excluding hydrogens is 260 g/mol. The summed E-state index contributed by atoms with van der Waals surface area (Å²) in [6.07, 6.45) is 5.80. The van der Waals surface area contributed by atoms with E-state index in [0.29, 0.717) is 6.04 Å². The molecule has 2 rings (SSSR count). The number of ether oxygens (including phenoxy) is 1. The largest absolute Gasteiger partial charge is 0.497 e. The summed E-state index contributed by atoms with van der Waals surface area (Å²) < 4.78 is 5.40. The van der Waals surface area contributed by atoms with E-state index in [-0.39, 0.29) is 5.54 Å². The van der Waals surface area contributed by atoms with Crippen LogP contribution >= 0.6 is 0 Å². The van der Waals surface area contributed by atoms with Crippen LogP contribution in [0.5, 0.6) is 5.75 Å². The van der Waals surface area contributed by atoms with E-state index < -0.39 is 0 Å². The van der Waals surface area contributed by atoms with Gasteiger partial charge in [-0.25, -0.2) is 0 Å². The van der Waals surface area contributed by atoms with Gasteiger partial charge in [0.2, 0.25) is 0 Å². The zero-order valence-electron chi connectivity index (χ0n) is 13.8. The molecule has 1 saturated heterocycles. The van der Waals surface area contributed by atoms with Gasteiger partial charge in [0.05, 0.1) is 12.6 Å². The number of methoxy groups -OCH3 is 1. The molecule has 0 spiro atoms. The average molecular weight is 290 g/mol. The number of nitrogens with two attached hydrogens (primary N) is 1. The van der Waals surface area contributed by atoms with Crippen molar-refractivity contribution in [3.05, 3.63) is 29.8 Å². The molecule has 0 aliphatic carbocycles. The summed E-state index contributed by atoms with van der Waals surface area (Å²) in [6, 6.07) is 8.74. The van der Waals surface area contributed by atoms with Crippen LogP contribution in [0.1, 0.15) is 51.5 Å². The molecule has 3 nitrogen and oxygen atoms in total. The number of hydrogen-bond acceptors (Lipinski definition) is 3. The van der Waals surface area contributed by atoms with E-state index in [1.54, 1.807) is 7.11 Å². The van der Waals surface area contributed by atoms with Crippen LogP contribution in [0.25, 0.3) is 0 Å². The van der Waals surface area contributed by atoms with Crippen LogP contribution < -0.4 is 10.5 Å². The molecule has 0 amide bonds. The fraction of sp³-hybridized carbons (Fsp3) is 0.667. The third-order valence-corrected chi connectivity index (χ3v) is 4.83. The molecule has 118 valence electrons. The first-order valence-corrected chi connectivity index (χ1v) is 8.33. The molecule has 0 bridgehead atoms. The molecule has 2 unspecified atom stereocenters. The van der Waals surface area contributed by atoms with Crippen molar-refractivity contribution in [1.29, 1.82) is 0 Å². The van der Waals surface area contributed by atoms with Gasteiger partial charge in [0.25, 0.3) is 0 Å². The Morgan fingerprint density at radius 2 is 2.00 bits per heavy atom. The molecule has 1 heterocycles. The van der Waals surface area contributed by atoms with Crippen molar-refractivity contribution >= 4 is 0 Å². The minimum atomic E-state index is -0.289. The monoisotopic (exact) mass is 290 g/mol. The third-order valence-electron chi connectivity index (χ3n) is 4.83. The van der Waals surface area contributed by atoms with Gasteiger partial charge in [-0.1, -0.05) is 32.4 Å². The van der Waals surface area contributed by atoms with Crippen LogP contribution in [0.3, 0.4) is 0 Å². The maximum absolute atomic E-state index is 6.99. The highest BCUT2D eigenvalue weighted by molar-refractivity contribution is 5.34. The van der Waals surface area contributed by atoms with Crippen LogP contribution in [-0.2, 0) is 5.54 Å². The van der Waals surface area contributed by atoms with E-state index in [4.69, 9.17) is 10.5 Å². The van der Waals surface area contributed by atoms with E-state index in [2.05, 4.69) is 36.9 Å². The summed E-state index contributed by atoms with van der Waals surface area (Å²) in [5, 5.41) is 0. The Kier molecular flexibility index (Phi) is 5.65. The summed E-state index contributed by atoms with van der Waals surface area (Å²) in [5.41, 5.74) is 7.91. The molecule has 0 saturated carbocycles. The predicted octanol–water partition coefficient (Wildman–Crippen LogP) is 3.52. The summed E-state index contributed by atoms with van der Waals surface area (Å²) in [6.45, 7) is 6.86. The van der Waals surface area contributed by atoms with Crippen molar-refractivity contribution in [2.45, 2.75) is 57.5 Å². The normalized spacial score (nSPS) is 20.2. The Hall–Kier alpha value is -1.06. The summed E-state index contributed by atoms with van der Waals surface area (Å²) in [7, 11) is 1.72. The van der Waals surface area contributed by atoms with E-state index in [1.807, 2.05) is 6.07 Å². The number of hydrogen-bond donors (Lipinski definition) is 1. The summed E-state index contributed by atoms with van der Waals surface area (Å²) in [4.78, 5) is 2.59. The maximum Gasteiger partial charge on any atom is 0.119 e. The molecule has 1 aromatic carbocycles. The van der Waals surface area contributed by atoms with Gasteiger partial charge in [-0.2, -0.15) is 0 Å². The second kappa shape index (κ2) is 7.28. The Bertz CT molecular complexity index is 443. The molecule has 3 heteroatoms. The van der Waals surface area contributed by atoms with Gasteiger partial charge in [-0.05, 0) is 56.5 Å². The topological polar surface area (TPSA) is 38.5 Å². The highest BCUT2D eigenvalue weighted by Gasteiger charge is 2.39. The molecule has 1 aliphatic heterocycles. The Morgan fingerprint density at radius 1 is 1.29 bits per heavy atom. The molecule has 0 radical (unpaired) electrons. The molecular formula is C18H30N2O. The second-order valence-electron chi connectivity index (χ2n) is 6.19. The number of nitrogens with zero attached hydrogens (tertiary/aromatic N) is 1. The van der Waals surface area contributed by atoms with Crippen molar-refractivity contribution in [2.75, 3.05) is 20.2 Å². The van der Waals surface area contributed by atoms with Crippen molar-refractivity contribution in [3.63, 3.8) is 0 Å². The zero-order valence-corrected chi connectivity index (χ0v) is 13.8. The number of benzene rings is 1. The quantitative estimate of drug-likeness (QED) is 0.835. The lowest BCUT2D eigenvalue weighted by atomic mass is 9.78. The van der Waals surface area contributed by atoms with E-state index in [0.717, 1.165) is 25.0 Å².